The Morgan fingerprint density at radius 1 is 1.38 bits per heavy atom. The Kier molecular flexibility index (Phi) is 6.98. The van der Waals surface area contributed by atoms with E-state index in [4.69, 9.17) is 5.73 Å². The number of nitrogens with two attached hydrogens (primary N) is 1. The standard InChI is InChI=1S/C18H26N2O/c1-5-14(3)13-20(6-2)18(21)17-10-9-16(8-7-11-19)15(4)12-17/h9-10,12,14H,5-6,11,13,19H2,1-4H3. The molecule has 0 saturated heterocycles. The monoisotopic (exact) mass is 286 g/mol. The van der Waals surface area contributed by atoms with Crippen LogP contribution in [0.5, 0.6) is 0 Å². The maximum atomic E-state index is 12.6. The highest BCUT2D eigenvalue weighted by atomic mass is 16.2. The summed E-state index contributed by atoms with van der Waals surface area (Å²) in [7, 11) is 0. The minimum Gasteiger partial charge on any atom is -0.339 e. The molecule has 1 aromatic rings. The molecule has 0 aromatic heterocycles. The van der Waals surface area contributed by atoms with Crippen molar-refractivity contribution in [3.05, 3.63) is 34.9 Å². The summed E-state index contributed by atoms with van der Waals surface area (Å²) < 4.78 is 0. The Morgan fingerprint density at radius 2 is 2.10 bits per heavy atom. The Balaban J connectivity index is 2.93. The van der Waals surface area contributed by atoms with E-state index >= 15 is 0 Å². The average molecular weight is 286 g/mol. The molecule has 0 aliphatic carbocycles. The lowest BCUT2D eigenvalue weighted by Gasteiger charge is -2.24. The first-order chi connectivity index (χ1) is 10.0. The summed E-state index contributed by atoms with van der Waals surface area (Å²) in [6, 6.07) is 5.68. The van der Waals surface area contributed by atoms with E-state index in [1.54, 1.807) is 0 Å². The van der Waals surface area contributed by atoms with Crippen LogP contribution in [0.25, 0.3) is 0 Å². The summed E-state index contributed by atoms with van der Waals surface area (Å²) in [6.45, 7) is 10.2. The van der Waals surface area contributed by atoms with Crippen LogP contribution in [0.15, 0.2) is 18.2 Å². The molecule has 0 aliphatic heterocycles. The minimum atomic E-state index is 0.0965. The molecule has 0 radical (unpaired) electrons. The first-order valence-corrected chi connectivity index (χ1v) is 7.62. The van der Waals surface area contributed by atoms with Gasteiger partial charge in [-0.05, 0) is 43.5 Å². The molecule has 0 heterocycles. The molecule has 1 rings (SSSR count). The number of nitrogens with zero attached hydrogens (tertiary/aromatic N) is 1. The smallest absolute Gasteiger partial charge is 0.253 e. The van der Waals surface area contributed by atoms with Gasteiger partial charge in [-0.2, -0.15) is 0 Å². The van der Waals surface area contributed by atoms with E-state index in [-0.39, 0.29) is 5.91 Å². The third kappa shape index (κ3) is 4.91. The lowest BCUT2D eigenvalue weighted by atomic mass is 10.0. The fourth-order valence-electron chi connectivity index (χ4n) is 2.13. The lowest BCUT2D eigenvalue weighted by molar-refractivity contribution is 0.0740. The maximum Gasteiger partial charge on any atom is 0.253 e. The van der Waals surface area contributed by atoms with Crippen LogP contribution in [0.2, 0.25) is 0 Å². The van der Waals surface area contributed by atoms with E-state index in [9.17, 15) is 4.79 Å². The van der Waals surface area contributed by atoms with Crippen molar-refractivity contribution in [1.82, 2.24) is 4.90 Å². The predicted molar refractivity (Wildman–Crippen MR) is 88.1 cm³/mol. The molecule has 1 unspecified atom stereocenters. The Labute approximate surface area is 128 Å². The number of carbonyl (C=O) groups excluding carboxylic acids is 1. The number of hydrogen-bond acceptors (Lipinski definition) is 2. The molecule has 1 aromatic carbocycles. The second-order valence-corrected chi connectivity index (χ2v) is 5.39. The summed E-state index contributed by atoms with van der Waals surface area (Å²) in [5.41, 5.74) is 8.07. The van der Waals surface area contributed by atoms with Gasteiger partial charge < -0.3 is 10.6 Å². The first-order valence-electron chi connectivity index (χ1n) is 7.62. The van der Waals surface area contributed by atoms with Crippen molar-refractivity contribution in [2.45, 2.75) is 34.1 Å². The number of carbonyl (C=O) groups is 1. The maximum absolute atomic E-state index is 12.6. The molecule has 114 valence electrons. The average Bonchev–Trinajstić information content (AvgIpc) is 2.50. The van der Waals surface area contributed by atoms with Crippen LogP contribution in [0.1, 0.15) is 48.7 Å². The topological polar surface area (TPSA) is 46.3 Å². The van der Waals surface area contributed by atoms with Crippen LogP contribution in [-0.2, 0) is 0 Å². The largest absolute Gasteiger partial charge is 0.339 e. The summed E-state index contributed by atoms with van der Waals surface area (Å²) in [4.78, 5) is 14.5. The highest BCUT2D eigenvalue weighted by Gasteiger charge is 2.16. The predicted octanol–water partition coefficient (Wildman–Crippen LogP) is 2.81. The quantitative estimate of drug-likeness (QED) is 0.846. The number of benzene rings is 1. The Bertz CT molecular complexity index is 540. The van der Waals surface area contributed by atoms with Gasteiger partial charge in [0.25, 0.3) is 5.91 Å². The van der Waals surface area contributed by atoms with Crippen LogP contribution in [-0.4, -0.2) is 30.4 Å². The fourth-order valence-corrected chi connectivity index (χ4v) is 2.13. The van der Waals surface area contributed by atoms with Crippen LogP contribution in [0, 0.1) is 24.7 Å². The molecular formula is C18H26N2O. The molecule has 0 bridgehead atoms. The molecule has 1 atom stereocenters. The van der Waals surface area contributed by atoms with Crippen molar-refractivity contribution < 1.29 is 4.79 Å². The molecule has 0 fully saturated rings. The zero-order valence-electron chi connectivity index (χ0n) is 13.6. The first kappa shape index (κ1) is 17.3. The molecule has 2 N–H and O–H groups in total. The number of hydrogen-bond donors (Lipinski definition) is 1. The third-order valence-corrected chi connectivity index (χ3v) is 3.70. The molecule has 3 nitrogen and oxygen atoms in total. The van der Waals surface area contributed by atoms with Crippen LogP contribution >= 0.6 is 0 Å². The molecule has 3 heteroatoms. The fraction of sp³-hybridized carbons (Fsp3) is 0.500. The van der Waals surface area contributed by atoms with Gasteiger partial charge in [-0.25, -0.2) is 0 Å². The molecule has 0 spiro atoms. The third-order valence-electron chi connectivity index (χ3n) is 3.70. The molecule has 0 saturated carbocycles. The van der Waals surface area contributed by atoms with Crippen molar-refractivity contribution in [1.29, 1.82) is 0 Å². The van der Waals surface area contributed by atoms with E-state index in [1.807, 2.05) is 36.9 Å². The highest BCUT2D eigenvalue weighted by Crippen LogP contribution is 2.14. The van der Waals surface area contributed by atoms with E-state index in [1.165, 1.54) is 0 Å². The van der Waals surface area contributed by atoms with Gasteiger partial charge in [0, 0.05) is 24.2 Å². The number of aryl methyl sites for hydroxylation is 1. The van der Waals surface area contributed by atoms with E-state index in [2.05, 4.69) is 25.7 Å². The van der Waals surface area contributed by atoms with Gasteiger partial charge in [-0.1, -0.05) is 32.1 Å². The van der Waals surface area contributed by atoms with Gasteiger partial charge in [-0.15, -0.1) is 0 Å². The Morgan fingerprint density at radius 3 is 2.62 bits per heavy atom. The zero-order valence-corrected chi connectivity index (χ0v) is 13.6. The van der Waals surface area contributed by atoms with E-state index in [0.29, 0.717) is 12.5 Å². The summed E-state index contributed by atoms with van der Waals surface area (Å²) >= 11 is 0. The number of amides is 1. The second kappa shape index (κ2) is 8.49. The van der Waals surface area contributed by atoms with Crippen LogP contribution in [0.4, 0.5) is 0 Å². The van der Waals surface area contributed by atoms with Crippen molar-refractivity contribution in [3.63, 3.8) is 0 Å². The normalized spacial score (nSPS) is 11.5. The van der Waals surface area contributed by atoms with E-state index in [0.717, 1.165) is 36.2 Å². The second-order valence-electron chi connectivity index (χ2n) is 5.39. The van der Waals surface area contributed by atoms with Crippen LogP contribution < -0.4 is 5.73 Å². The van der Waals surface area contributed by atoms with Crippen molar-refractivity contribution in [3.8, 4) is 11.8 Å². The summed E-state index contributed by atoms with van der Waals surface area (Å²) in [6.07, 6.45) is 1.08. The minimum absolute atomic E-state index is 0.0965. The van der Waals surface area contributed by atoms with Gasteiger partial charge in [0.15, 0.2) is 0 Å². The molecule has 0 aliphatic rings. The molecule has 21 heavy (non-hydrogen) atoms. The van der Waals surface area contributed by atoms with Crippen molar-refractivity contribution >= 4 is 5.91 Å². The molecule has 1 amide bonds. The van der Waals surface area contributed by atoms with Gasteiger partial charge in [0.2, 0.25) is 0 Å². The van der Waals surface area contributed by atoms with Crippen molar-refractivity contribution in [2.24, 2.45) is 11.7 Å². The summed E-state index contributed by atoms with van der Waals surface area (Å²) in [5, 5.41) is 0. The molecular weight excluding hydrogens is 260 g/mol. The van der Waals surface area contributed by atoms with Gasteiger partial charge in [-0.3, -0.25) is 4.79 Å². The SMILES string of the molecule is CCC(C)CN(CC)C(=O)c1ccc(C#CCN)c(C)c1. The van der Waals surface area contributed by atoms with E-state index < -0.39 is 0 Å². The van der Waals surface area contributed by atoms with Crippen LogP contribution in [0.3, 0.4) is 0 Å². The number of rotatable bonds is 5. The lowest BCUT2D eigenvalue weighted by Crippen LogP contribution is -2.34. The van der Waals surface area contributed by atoms with Gasteiger partial charge in [0.1, 0.15) is 0 Å². The Hall–Kier alpha value is -1.79. The highest BCUT2D eigenvalue weighted by molar-refractivity contribution is 5.94. The van der Waals surface area contributed by atoms with Gasteiger partial charge >= 0.3 is 0 Å². The van der Waals surface area contributed by atoms with Crippen molar-refractivity contribution in [2.75, 3.05) is 19.6 Å². The van der Waals surface area contributed by atoms with Gasteiger partial charge in [0.05, 0.1) is 6.54 Å². The zero-order chi connectivity index (χ0) is 15.8. The summed E-state index contributed by atoms with van der Waals surface area (Å²) in [5.74, 6) is 6.48.